The molecule has 1 aromatic carbocycles. The summed E-state index contributed by atoms with van der Waals surface area (Å²) in [4.78, 5) is 17.1. The average molecular weight is 479 g/mol. The first-order chi connectivity index (χ1) is 15.1. The molecule has 0 bridgehead atoms. The van der Waals surface area contributed by atoms with E-state index in [4.69, 9.17) is 22.1 Å². The minimum atomic E-state index is -1.09. The molecule has 3 N–H and O–H groups in total. The van der Waals surface area contributed by atoms with Crippen LogP contribution in [0.3, 0.4) is 0 Å². The molecule has 168 valence electrons. The van der Waals surface area contributed by atoms with Gasteiger partial charge in [0.2, 0.25) is 0 Å². The van der Waals surface area contributed by atoms with Gasteiger partial charge in [0.25, 0.3) is 0 Å². The zero-order valence-electron chi connectivity index (χ0n) is 17.6. The van der Waals surface area contributed by atoms with Gasteiger partial charge in [-0.3, -0.25) is 4.99 Å². The zero-order valence-corrected chi connectivity index (χ0v) is 19.2. The van der Waals surface area contributed by atoms with Gasteiger partial charge < -0.3 is 15.8 Å². The van der Waals surface area contributed by atoms with E-state index in [1.807, 2.05) is 6.92 Å². The van der Waals surface area contributed by atoms with E-state index in [0.717, 1.165) is 6.07 Å². The Balaban J connectivity index is 1.77. The first kappa shape index (κ1) is 22.6. The van der Waals surface area contributed by atoms with Gasteiger partial charge in [-0.05, 0) is 32.4 Å². The number of nitrogens with one attached hydrogen (secondary N) is 1. The Hall–Kier alpha value is -2.56. The number of ether oxygens (including phenoxy) is 1. The molecule has 0 saturated heterocycles. The maximum absolute atomic E-state index is 15.0. The van der Waals surface area contributed by atoms with Gasteiger partial charge in [0.15, 0.2) is 22.6 Å². The fourth-order valence-electron chi connectivity index (χ4n) is 4.06. The molecule has 32 heavy (non-hydrogen) atoms. The van der Waals surface area contributed by atoms with Gasteiger partial charge in [-0.25, -0.2) is 23.7 Å². The largest absolute Gasteiger partial charge is 0.383 e. The molecule has 1 aliphatic rings. The van der Waals surface area contributed by atoms with Gasteiger partial charge in [-0.2, -0.15) is 0 Å². The topological polar surface area (TPSA) is 98.3 Å². The standard InChI is InChI=1S/C21H21ClF2N6OS/c1-20(9-31-3)8-21(2,30-19(25)32-20)13-5-12(6-14(23)16(13)24)29-18-17-15(27-10-28-18)4-11(22)7-26-17/h4-7,10H,8-9H2,1-3H3,(H2,25,30)(H,27,28,29)/t20-,21+/m1/s1. The number of aliphatic imine (C=N–C) groups is 1. The highest BCUT2D eigenvalue weighted by Gasteiger charge is 2.44. The predicted molar refractivity (Wildman–Crippen MR) is 123 cm³/mol. The lowest BCUT2D eigenvalue weighted by atomic mass is 9.83. The monoisotopic (exact) mass is 478 g/mol. The van der Waals surface area contributed by atoms with Gasteiger partial charge in [0, 0.05) is 35.4 Å². The summed E-state index contributed by atoms with van der Waals surface area (Å²) in [6.45, 7) is 4.08. The molecule has 3 heterocycles. The van der Waals surface area contributed by atoms with Crippen molar-refractivity contribution in [3.63, 3.8) is 0 Å². The van der Waals surface area contributed by atoms with Crippen LogP contribution in [0.1, 0.15) is 25.8 Å². The number of hydrogen-bond donors (Lipinski definition) is 2. The Morgan fingerprint density at radius 2 is 2.00 bits per heavy atom. The van der Waals surface area contributed by atoms with Crippen molar-refractivity contribution >= 4 is 51.1 Å². The second kappa shape index (κ2) is 8.42. The van der Waals surface area contributed by atoms with E-state index >= 15 is 4.39 Å². The van der Waals surface area contributed by atoms with Gasteiger partial charge in [-0.1, -0.05) is 23.4 Å². The Morgan fingerprint density at radius 3 is 2.75 bits per heavy atom. The van der Waals surface area contributed by atoms with Crippen LogP contribution in [0.2, 0.25) is 5.02 Å². The van der Waals surface area contributed by atoms with Gasteiger partial charge in [0.05, 0.1) is 22.7 Å². The highest BCUT2D eigenvalue weighted by Crippen LogP contribution is 2.46. The highest BCUT2D eigenvalue weighted by molar-refractivity contribution is 8.15. The third kappa shape index (κ3) is 4.35. The van der Waals surface area contributed by atoms with Crippen molar-refractivity contribution in [2.45, 2.75) is 30.6 Å². The summed E-state index contributed by atoms with van der Waals surface area (Å²) in [6, 6.07) is 4.22. The van der Waals surface area contributed by atoms with Crippen molar-refractivity contribution in [1.82, 2.24) is 15.0 Å². The number of thioether (sulfide) groups is 1. The van der Waals surface area contributed by atoms with E-state index < -0.39 is 21.9 Å². The highest BCUT2D eigenvalue weighted by atomic mass is 35.5. The first-order valence-corrected chi connectivity index (χ1v) is 10.9. The van der Waals surface area contributed by atoms with Crippen molar-refractivity contribution in [3.05, 3.63) is 52.9 Å². The van der Waals surface area contributed by atoms with Crippen LogP contribution in [-0.4, -0.2) is 38.6 Å². The molecule has 0 radical (unpaired) electrons. The molecule has 0 saturated carbocycles. The number of anilines is 2. The molecule has 0 fully saturated rings. The van der Waals surface area contributed by atoms with Gasteiger partial charge in [-0.15, -0.1) is 0 Å². The molecular formula is C21H21ClF2N6OS. The van der Waals surface area contributed by atoms with Crippen molar-refractivity contribution < 1.29 is 13.5 Å². The Morgan fingerprint density at radius 1 is 1.22 bits per heavy atom. The average Bonchev–Trinajstić information content (AvgIpc) is 2.69. The van der Waals surface area contributed by atoms with E-state index in [1.165, 1.54) is 30.4 Å². The quantitative estimate of drug-likeness (QED) is 0.544. The number of hydrogen-bond acceptors (Lipinski definition) is 8. The number of fused-ring (bicyclic) bond motifs is 1. The summed E-state index contributed by atoms with van der Waals surface area (Å²) in [7, 11) is 1.59. The van der Waals surface area contributed by atoms with E-state index in [2.05, 4.69) is 25.3 Å². The van der Waals surface area contributed by atoms with Crippen LogP contribution in [0, 0.1) is 11.6 Å². The van der Waals surface area contributed by atoms with Crippen LogP contribution < -0.4 is 11.1 Å². The smallest absolute Gasteiger partial charge is 0.164 e. The molecule has 0 unspecified atom stereocenters. The minimum Gasteiger partial charge on any atom is -0.383 e. The number of halogens is 3. The molecule has 7 nitrogen and oxygen atoms in total. The fourth-order valence-corrected chi connectivity index (χ4v) is 5.50. The molecule has 11 heteroatoms. The summed E-state index contributed by atoms with van der Waals surface area (Å²) in [5.41, 5.74) is 6.31. The Bertz CT molecular complexity index is 1230. The molecule has 0 aliphatic carbocycles. The zero-order chi connectivity index (χ0) is 23.1. The number of aromatic nitrogens is 3. The number of nitrogens with zero attached hydrogens (tertiary/aromatic N) is 4. The minimum absolute atomic E-state index is 0.0833. The lowest BCUT2D eigenvalue weighted by molar-refractivity contribution is 0.157. The van der Waals surface area contributed by atoms with E-state index in [9.17, 15) is 4.39 Å². The van der Waals surface area contributed by atoms with Crippen LogP contribution in [-0.2, 0) is 10.3 Å². The number of nitrogens with two attached hydrogens (primary N) is 1. The van der Waals surface area contributed by atoms with Gasteiger partial charge >= 0.3 is 0 Å². The molecule has 4 rings (SSSR count). The normalized spacial score (nSPS) is 23.2. The summed E-state index contributed by atoms with van der Waals surface area (Å²) < 4.78 is 34.6. The van der Waals surface area contributed by atoms with Crippen LogP contribution >= 0.6 is 23.4 Å². The van der Waals surface area contributed by atoms with Crippen molar-refractivity contribution in [1.29, 1.82) is 0 Å². The predicted octanol–water partition coefficient (Wildman–Crippen LogP) is 4.77. The van der Waals surface area contributed by atoms with Crippen LogP contribution in [0.25, 0.3) is 11.0 Å². The lowest BCUT2D eigenvalue weighted by Gasteiger charge is -2.41. The van der Waals surface area contributed by atoms with E-state index in [-0.39, 0.29) is 11.3 Å². The summed E-state index contributed by atoms with van der Waals surface area (Å²) >= 11 is 7.35. The molecule has 3 aromatic rings. The maximum Gasteiger partial charge on any atom is 0.164 e. The molecule has 2 aromatic heterocycles. The van der Waals surface area contributed by atoms with Crippen molar-refractivity contribution in [3.8, 4) is 0 Å². The number of benzene rings is 1. The second-order valence-corrected chi connectivity index (χ2v) is 10.1. The van der Waals surface area contributed by atoms with Crippen LogP contribution in [0.15, 0.2) is 35.7 Å². The third-order valence-corrected chi connectivity index (χ3v) is 6.45. The van der Waals surface area contributed by atoms with Crippen LogP contribution in [0.5, 0.6) is 0 Å². The summed E-state index contributed by atoms with van der Waals surface area (Å²) in [5, 5.41) is 3.73. The van der Waals surface area contributed by atoms with E-state index in [0.29, 0.717) is 40.1 Å². The number of methoxy groups -OCH3 is 1. The Labute approximate surface area is 192 Å². The fraction of sp³-hybridized carbons (Fsp3) is 0.333. The Kier molecular flexibility index (Phi) is 5.95. The molecular weight excluding hydrogens is 458 g/mol. The maximum atomic E-state index is 15.0. The lowest BCUT2D eigenvalue weighted by Crippen LogP contribution is -2.43. The first-order valence-electron chi connectivity index (χ1n) is 9.68. The number of rotatable bonds is 5. The van der Waals surface area contributed by atoms with Crippen LogP contribution in [0.4, 0.5) is 20.3 Å². The summed E-state index contributed by atoms with van der Waals surface area (Å²) in [5.74, 6) is -1.65. The molecule has 1 aliphatic heterocycles. The number of pyridine rings is 1. The molecule has 0 amide bonds. The van der Waals surface area contributed by atoms with Crippen molar-refractivity contribution in [2.75, 3.05) is 19.0 Å². The van der Waals surface area contributed by atoms with E-state index in [1.54, 1.807) is 20.1 Å². The van der Waals surface area contributed by atoms with Gasteiger partial charge in [0.1, 0.15) is 11.8 Å². The summed E-state index contributed by atoms with van der Waals surface area (Å²) in [6.07, 6.45) is 3.20. The molecule has 2 atom stereocenters. The number of amidine groups is 1. The SMILES string of the molecule is COC[C@@]1(C)C[C@@](C)(c2cc(Nc3ncnc4cc(Cl)cnc34)cc(F)c2F)N=C(N)S1. The van der Waals surface area contributed by atoms with Crippen molar-refractivity contribution in [2.24, 2.45) is 10.7 Å². The third-order valence-electron chi connectivity index (χ3n) is 5.19. The molecule has 0 spiro atoms. The second-order valence-electron chi connectivity index (χ2n) is 8.07.